The molecule has 2 aromatic carbocycles. The van der Waals surface area contributed by atoms with Gasteiger partial charge in [0, 0.05) is 4.90 Å². The van der Waals surface area contributed by atoms with Gasteiger partial charge in [-0.15, -0.1) is 11.8 Å². The van der Waals surface area contributed by atoms with E-state index in [2.05, 4.69) is 5.32 Å². The van der Waals surface area contributed by atoms with Gasteiger partial charge in [0.15, 0.2) is 6.54 Å². The van der Waals surface area contributed by atoms with Gasteiger partial charge in [-0.2, -0.15) is 8.42 Å². The third kappa shape index (κ3) is 6.70. The van der Waals surface area contributed by atoms with Crippen LogP contribution in [0.25, 0.3) is 0 Å². The number of carbonyl (C=O) groups excluding carboxylic acids is 1. The largest absolute Gasteiger partial charge is 0.382 e. The van der Waals surface area contributed by atoms with Gasteiger partial charge in [-0.3, -0.25) is 4.79 Å². The summed E-state index contributed by atoms with van der Waals surface area (Å²) in [5.41, 5.74) is 0.762. The van der Waals surface area contributed by atoms with Gasteiger partial charge >= 0.3 is 10.1 Å². The average Bonchev–Trinajstić information content (AvgIpc) is 2.61. The summed E-state index contributed by atoms with van der Waals surface area (Å²) in [6, 6.07) is 15.9. The molecule has 1 atom stereocenters. The van der Waals surface area contributed by atoms with Gasteiger partial charge in [0.1, 0.15) is 11.5 Å². The first-order valence-corrected chi connectivity index (χ1v) is 10.9. The van der Waals surface area contributed by atoms with Crippen molar-refractivity contribution in [2.45, 2.75) is 4.90 Å². The maximum Gasteiger partial charge on any atom is 0.314 e. The SMILES string of the molecule is CSc1ccccc1NC(=O)C[NH+](C)CCS(=O)(=O)Oc1ccccc1. The summed E-state index contributed by atoms with van der Waals surface area (Å²) in [6.07, 6.45) is 1.94. The molecule has 2 rings (SSSR count). The first-order valence-electron chi connectivity index (χ1n) is 8.11. The molecule has 140 valence electrons. The van der Waals surface area contributed by atoms with Crippen molar-refractivity contribution in [3.63, 3.8) is 0 Å². The number of amides is 1. The minimum atomic E-state index is -3.69. The van der Waals surface area contributed by atoms with Crippen LogP contribution in [0.15, 0.2) is 59.5 Å². The first kappa shape index (κ1) is 20.3. The van der Waals surface area contributed by atoms with E-state index in [9.17, 15) is 13.2 Å². The highest BCUT2D eigenvalue weighted by molar-refractivity contribution is 7.98. The Morgan fingerprint density at radius 1 is 1.12 bits per heavy atom. The Bertz CT molecular complexity index is 826. The Morgan fingerprint density at radius 2 is 1.77 bits per heavy atom. The lowest BCUT2D eigenvalue weighted by molar-refractivity contribution is -0.868. The van der Waals surface area contributed by atoms with Crippen LogP contribution >= 0.6 is 11.8 Å². The molecule has 2 aromatic rings. The molecule has 0 heterocycles. The zero-order valence-corrected chi connectivity index (χ0v) is 16.4. The Hall–Kier alpha value is -2.03. The van der Waals surface area contributed by atoms with Gasteiger partial charge in [0.25, 0.3) is 5.91 Å². The fourth-order valence-electron chi connectivity index (χ4n) is 2.27. The third-order valence-corrected chi connectivity index (χ3v) is 5.53. The second-order valence-electron chi connectivity index (χ2n) is 5.79. The standard InChI is InChI=1S/C18H22N2O4S2/c1-20(12-13-26(22,23)24-15-8-4-3-5-9-15)14-18(21)19-16-10-6-7-11-17(16)25-2/h3-11H,12-14H2,1-2H3,(H,19,21)/p+1. The number of thioether (sulfide) groups is 1. The minimum Gasteiger partial charge on any atom is -0.382 e. The smallest absolute Gasteiger partial charge is 0.314 e. The van der Waals surface area contributed by atoms with Crippen LogP contribution < -0.4 is 14.4 Å². The van der Waals surface area contributed by atoms with Crippen LogP contribution in [0, 0.1) is 0 Å². The molecule has 26 heavy (non-hydrogen) atoms. The molecule has 0 bridgehead atoms. The van der Waals surface area contributed by atoms with Crippen molar-refractivity contribution in [2.24, 2.45) is 0 Å². The van der Waals surface area contributed by atoms with E-state index in [1.54, 1.807) is 49.1 Å². The number of hydrogen-bond donors (Lipinski definition) is 2. The van der Waals surface area contributed by atoms with Crippen LogP contribution in [0.2, 0.25) is 0 Å². The van der Waals surface area contributed by atoms with Crippen molar-refractivity contribution >= 4 is 33.5 Å². The van der Waals surface area contributed by atoms with Crippen molar-refractivity contribution in [2.75, 3.05) is 37.5 Å². The molecular weight excluding hydrogens is 372 g/mol. The Labute approximate surface area is 158 Å². The quantitative estimate of drug-likeness (QED) is 0.494. The highest BCUT2D eigenvalue weighted by Crippen LogP contribution is 2.24. The van der Waals surface area contributed by atoms with E-state index >= 15 is 0 Å². The molecule has 0 saturated heterocycles. The molecular formula is C18H23N2O4S2+. The van der Waals surface area contributed by atoms with Crippen LogP contribution in [0.1, 0.15) is 0 Å². The summed E-state index contributed by atoms with van der Waals surface area (Å²) in [5, 5.41) is 2.87. The van der Waals surface area contributed by atoms with Crippen molar-refractivity contribution in [1.82, 2.24) is 0 Å². The molecule has 1 amide bonds. The lowest BCUT2D eigenvalue weighted by Crippen LogP contribution is -3.10. The maximum absolute atomic E-state index is 12.2. The van der Waals surface area contributed by atoms with Gasteiger partial charge in [0.05, 0.1) is 19.3 Å². The third-order valence-electron chi connectivity index (χ3n) is 3.59. The van der Waals surface area contributed by atoms with E-state index in [-0.39, 0.29) is 30.5 Å². The molecule has 6 nitrogen and oxygen atoms in total. The van der Waals surface area contributed by atoms with Crippen molar-refractivity contribution in [3.05, 3.63) is 54.6 Å². The van der Waals surface area contributed by atoms with E-state index in [1.165, 1.54) is 0 Å². The summed E-state index contributed by atoms with van der Waals surface area (Å²) in [7, 11) is -1.92. The van der Waals surface area contributed by atoms with Crippen LogP contribution in [-0.4, -0.2) is 46.5 Å². The zero-order chi connectivity index (χ0) is 19.0. The number of anilines is 1. The minimum absolute atomic E-state index is 0.162. The second kappa shape index (κ2) is 9.61. The predicted molar refractivity (Wildman–Crippen MR) is 104 cm³/mol. The number of hydrogen-bond acceptors (Lipinski definition) is 5. The molecule has 0 aromatic heterocycles. The average molecular weight is 396 g/mol. The Kier molecular flexibility index (Phi) is 7.50. The van der Waals surface area contributed by atoms with E-state index in [4.69, 9.17) is 4.18 Å². The van der Waals surface area contributed by atoms with Crippen molar-refractivity contribution in [3.8, 4) is 5.75 Å². The number of rotatable bonds is 9. The van der Waals surface area contributed by atoms with Crippen LogP contribution in [0.5, 0.6) is 5.75 Å². The molecule has 1 unspecified atom stereocenters. The van der Waals surface area contributed by atoms with Crippen LogP contribution in [-0.2, 0) is 14.9 Å². The van der Waals surface area contributed by atoms with Gasteiger partial charge < -0.3 is 14.4 Å². The molecule has 0 aliphatic rings. The topological polar surface area (TPSA) is 76.9 Å². The molecule has 0 spiro atoms. The lowest BCUT2D eigenvalue weighted by Gasteiger charge is -2.15. The summed E-state index contributed by atoms with van der Waals surface area (Å²) >= 11 is 1.55. The molecule has 0 aliphatic carbocycles. The summed E-state index contributed by atoms with van der Waals surface area (Å²) in [6.45, 7) is 0.441. The van der Waals surface area contributed by atoms with Crippen molar-refractivity contribution < 1.29 is 22.3 Å². The maximum atomic E-state index is 12.2. The molecule has 0 fully saturated rings. The summed E-state index contributed by atoms with van der Waals surface area (Å²) < 4.78 is 29.1. The van der Waals surface area contributed by atoms with E-state index in [1.807, 2.05) is 30.5 Å². The zero-order valence-electron chi connectivity index (χ0n) is 14.8. The summed E-state index contributed by atoms with van der Waals surface area (Å²) in [5.74, 6) is -0.0375. The Morgan fingerprint density at radius 3 is 2.46 bits per heavy atom. The number of nitrogens with one attached hydrogen (secondary N) is 2. The Balaban J connectivity index is 1.82. The number of quaternary nitrogens is 1. The molecule has 2 N–H and O–H groups in total. The van der Waals surface area contributed by atoms with E-state index < -0.39 is 10.1 Å². The second-order valence-corrected chi connectivity index (χ2v) is 8.33. The van der Waals surface area contributed by atoms with Crippen LogP contribution in [0.3, 0.4) is 0 Å². The van der Waals surface area contributed by atoms with Gasteiger partial charge in [-0.25, -0.2) is 0 Å². The number of carbonyl (C=O) groups is 1. The fourth-order valence-corrected chi connectivity index (χ4v) is 3.91. The van der Waals surface area contributed by atoms with E-state index in [0.717, 1.165) is 15.5 Å². The molecule has 0 saturated carbocycles. The lowest BCUT2D eigenvalue weighted by atomic mass is 10.3. The van der Waals surface area contributed by atoms with Gasteiger partial charge in [0.2, 0.25) is 0 Å². The van der Waals surface area contributed by atoms with E-state index in [0.29, 0.717) is 0 Å². The first-order chi connectivity index (χ1) is 12.4. The van der Waals surface area contributed by atoms with Gasteiger partial charge in [-0.1, -0.05) is 30.3 Å². The fraction of sp³-hybridized carbons (Fsp3) is 0.278. The highest BCUT2D eigenvalue weighted by Gasteiger charge is 2.18. The summed E-state index contributed by atoms with van der Waals surface area (Å²) in [4.78, 5) is 14.0. The molecule has 0 radical (unpaired) electrons. The molecule has 8 heteroatoms. The monoisotopic (exact) mass is 395 g/mol. The number of likely N-dealkylation sites (N-methyl/N-ethyl adjacent to an activating group) is 1. The van der Waals surface area contributed by atoms with Crippen LogP contribution in [0.4, 0.5) is 5.69 Å². The van der Waals surface area contributed by atoms with Crippen molar-refractivity contribution in [1.29, 1.82) is 0 Å². The van der Waals surface area contributed by atoms with Gasteiger partial charge in [-0.05, 0) is 30.5 Å². The molecule has 0 aliphatic heterocycles. The normalized spacial score (nSPS) is 12.4. The number of benzene rings is 2. The highest BCUT2D eigenvalue weighted by atomic mass is 32.2. The predicted octanol–water partition coefficient (Wildman–Crippen LogP) is 1.27. The number of para-hydroxylation sites is 2.